The molecule has 0 spiro atoms. The lowest BCUT2D eigenvalue weighted by Gasteiger charge is -2.41. The molecule has 0 bridgehead atoms. The molecule has 1 N–H and O–H groups in total. The molecule has 1 aliphatic heterocycles. The second-order valence-corrected chi connectivity index (χ2v) is 5.80. The molecule has 0 aromatic rings. The summed E-state index contributed by atoms with van der Waals surface area (Å²) >= 11 is 0. The van der Waals surface area contributed by atoms with E-state index in [1.54, 1.807) is 0 Å². The number of carbonyl (C=O) groups is 5. The molecule has 0 radical (unpaired) electrons. The second-order valence-electron chi connectivity index (χ2n) is 5.80. The van der Waals surface area contributed by atoms with E-state index < -0.39 is 60.7 Å². The molecular weight excluding hydrogens is 380 g/mol. The van der Waals surface area contributed by atoms with E-state index in [9.17, 15) is 24.0 Å². The van der Waals surface area contributed by atoms with Crippen molar-refractivity contribution in [3.05, 3.63) is 0 Å². The van der Waals surface area contributed by atoms with Crippen LogP contribution in [0.25, 0.3) is 0 Å². The fourth-order valence-electron chi connectivity index (χ4n) is 2.38. The summed E-state index contributed by atoms with van der Waals surface area (Å²) in [6.07, 6.45) is -3.71. The van der Waals surface area contributed by atoms with Crippen molar-refractivity contribution in [2.75, 3.05) is 6.61 Å². The van der Waals surface area contributed by atoms with Crippen LogP contribution >= 0.6 is 0 Å². The maximum Gasteiger partial charge on any atom is 0.332 e. The Morgan fingerprint density at radius 1 is 0.893 bits per heavy atom. The average molecular weight is 402 g/mol. The fraction of sp³-hybridized carbons (Fsp3) is 0.625. The van der Waals surface area contributed by atoms with Crippen molar-refractivity contribution >= 4 is 35.7 Å². The lowest BCUT2D eigenvalue weighted by atomic mass is 9.96. The van der Waals surface area contributed by atoms with Gasteiger partial charge in [-0.2, -0.15) is 0 Å². The Morgan fingerprint density at radius 3 is 1.93 bits per heavy atom. The highest BCUT2D eigenvalue weighted by Crippen LogP contribution is 2.25. The number of nitrogens with one attached hydrogen (secondary N) is 1. The van der Waals surface area contributed by atoms with Gasteiger partial charge in [-0.3, -0.25) is 19.2 Å². The molecule has 156 valence electrons. The van der Waals surface area contributed by atoms with Gasteiger partial charge in [0.2, 0.25) is 5.91 Å². The number of carbonyl (C=O) groups excluding carboxylic acids is 5. The predicted molar refractivity (Wildman–Crippen MR) is 89.4 cm³/mol. The minimum absolute atomic E-state index is 0.336. The standard InChI is InChI=1S/C16H22N2O10/c1-7(19)17-13-15(26-10(4)22)14(25-9(3)21)12(6-24-8(2)20)27-16(13)18-28-11(5)23/h12-15H,6H2,1-5H3,(H,17,19)/b18-16-/t12-,13-,14-,15-/m1/s1. The summed E-state index contributed by atoms with van der Waals surface area (Å²) in [5.74, 6) is -3.80. The van der Waals surface area contributed by atoms with E-state index >= 15 is 0 Å². The van der Waals surface area contributed by atoms with Gasteiger partial charge in [-0.05, 0) is 5.16 Å². The molecule has 12 nitrogen and oxygen atoms in total. The molecule has 4 atom stereocenters. The molecule has 1 fully saturated rings. The molecule has 28 heavy (non-hydrogen) atoms. The topological polar surface area (TPSA) is 156 Å². The van der Waals surface area contributed by atoms with Gasteiger partial charge in [0.05, 0.1) is 0 Å². The van der Waals surface area contributed by atoms with Crippen LogP contribution in [0, 0.1) is 0 Å². The largest absolute Gasteiger partial charge is 0.466 e. The van der Waals surface area contributed by atoms with Crippen LogP contribution in [-0.4, -0.2) is 66.6 Å². The average Bonchev–Trinajstić information content (AvgIpc) is 2.54. The lowest BCUT2D eigenvalue weighted by molar-refractivity contribution is -0.186. The molecular formula is C16H22N2O10. The Bertz CT molecular complexity index is 674. The lowest BCUT2D eigenvalue weighted by Crippen LogP contribution is -2.64. The second kappa shape index (κ2) is 10.2. The first kappa shape index (κ1) is 22.9. The van der Waals surface area contributed by atoms with Crippen molar-refractivity contribution in [1.82, 2.24) is 5.32 Å². The van der Waals surface area contributed by atoms with Crippen molar-refractivity contribution in [1.29, 1.82) is 0 Å². The van der Waals surface area contributed by atoms with Gasteiger partial charge in [-0.1, -0.05) is 0 Å². The number of oxime groups is 1. The number of ether oxygens (including phenoxy) is 4. The van der Waals surface area contributed by atoms with Crippen LogP contribution in [0.4, 0.5) is 0 Å². The summed E-state index contributed by atoms with van der Waals surface area (Å²) in [5.41, 5.74) is 0. The van der Waals surface area contributed by atoms with Crippen LogP contribution in [-0.2, 0) is 47.8 Å². The van der Waals surface area contributed by atoms with E-state index in [-0.39, 0.29) is 5.90 Å². The number of rotatable bonds is 6. The number of hydrogen-bond acceptors (Lipinski definition) is 11. The molecule has 0 unspecified atom stereocenters. The van der Waals surface area contributed by atoms with E-state index in [0.29, 0.717) is 0 Å². The van der Waals surface area contributed by atoms with Crippen molar-refractivity contribution < 1.29 is 47.8 Å². The first-order valence-electron chi connectivity index (χ1n) is 8.18. The van der Waals surface area contributed by atoms with Crippen LogP contribution in [0.1, 0.15) is 34.6 Å². The normalized spacial score (nSPS) is 25.1. The quantitative estimate of drug-likeness (QED) is 0.258. The number of nitrogens with zero attached hydrogens (tertiary/aromatic N) is 1. The smallest absolute Gasteiger partial charge is 0.332 e. The maximum absolute atomic E-state index is 11.6. The van der Waals surface area contributed by atoms with Crippen molar-refractivity contribution in [2.24, 2.45) is 5.16 Å². The molecule has 1 amide bonds. The molecule has 0 saturated carbocycles. The van der Waals surface area contributed by atoms with Crippen LogP contribution in [0.3, 0.4) is 0 Å². The molecule has 1 heterocycles. The minimum Gasteiger partial charge on any atom is -0.466 e. The molecule has 12 heteroatoms. The van der Waals surface area contributed by atoms with Crippen LogP contribution in [0.2, 0.25) is 0 Å². The SMILES string of the molecule is CC(=O)N[C@H]1/C(=N/OC(C)=O)O[C@H](COC(C)=O)[C@@H](OC(C)=O)[C@@H]1OC(C)=O. The highest BCUT2D eigenvalue weighted by atomic mass is 16.7. The molecule has 1 saturated heterocycles. The van der Waals surface area contributed by atoms with E-state index in [1.165, 1.54) is 6.92 Å². The monoisotopic (exact) mass is 402 g/mol. The van der Waals surface area contributed by atoms with Gasteiger partial charge in [-0.15, -0.1) is 0 Å². The zero-order chi connectivity index (χ0) is 21.4. The zero-order valence-corrected chi connectivity index (χ0v) is 16.0. The number of hydrogen-bond donors (Lipinski definition) is 1. The van der Waals surface area contributed by atoms with Gasteiger partial charge in [0.1, 0.15) is 12.6 Å². The molecule has 1 rings (SSSR count). The van der Waals surface area contributed by atoms with E-state index in [0.717, 1.165) is 27.7 Å². The highest BCUT2D eigenvalue weighted by Gasteiger charge is 2.50. The van der Waals surface area contributed by atoms with Crippen LogP contribution < -0.4 is 5.32 Å². The fourth-order valence-corrected chi connectivity index (χ4v) is 2.38. The van der Waals surface area contributed by atoms with E-state index in [2.05, 4.69) is 15.3 Å². The summed E-state index contributed by atoms with van der Waals surface area (Å²) in [6.45, 7) is 5.25. The van der Waals surface area contributed by atoms with Crippen LogP contribution in [0.5, 0.6) is 0 Å². The molecule has 0 aromatic carbocycles. The number of esters is 3. The van der Waals surface area contributed by atoms with Gasteiger partial charge in [0, 0.05) is 34.6 Å². The van der Waals surface area contributed by atoms with Crippen molar-refractivity contribution in [3.8, 4) is 0 Å². The maximum atomic E-state index is 11.6. The Labute approximate surface area is 160 Å². The van der Waals surface area contributed by atoms with Gasteiger partial charge >= 0.3 is 23.9 Å². The summed E-state index contributed by atoms with van der Waals surface area (Å²) < 4.78 is 20.8. The predicted octanol–water partition coefficient (Wildman–Crippen LogP) is -0.807. The van der Waals surface area contributed by atoms with E-state index in [1.807, 2.05) is 0 Å². The third-order valence-electron chi connectivity index (χ3n) is 3.23. The Hall–Kier alpha value is -3.18. The Balaban J connectivity index is 3.37. The molecule has 1 aliphatic rings. The summed E-state index contributed by atoms with van der Waals surface area (Å²) in [4.78, 5) is 61.5. The minimum atomic E-state index is -1.30. The van der Waals surface area contributed by atoms with Gasteiger partial charge in [-0.25, -0.2) is 4.79 Å². The first-order chi connectivity index (χ1) is 13.0. The summed E-state index contributed by atoms with van der Waals surface area (Å²) in [6, 6.07) is -1.24. The molecule has 0 aromatic heterocycles. The third-order valence-corrected chi connectivity index (χ3v) is 3.23. The van der Waals surface area contributed by atoms with Gasteiger partial charge < -0.3 is 29.1 Å². The zero-order valence-electron chi connectivity index (χ0n) is 16.0. The van der Waals surface area contributed by atoms with Crippen LogP contribution in [0.15, 0.2) is 5.16 Å². The number of amides is 1. The van der Waals surface area contributed by atoms with Crippen molar-refractivity contribution in [2.45, 2.75) is 59.0 Å². The highest BCUT2D eigenvalue weighted by molar-refractivity contribution is 5.89. The third kappa shape index (κ3) is 7.21. The van der Waals surface area contributed by atoms with E-state index in [4.69, 9.17) is 18.9 Å². The summed E-state index contributed by atoms with van der Waals surface area (Å²) in [5, 5.41) is 5.96. The summed E-state index contributed by atoms with van der Waals surface area (Å²) in [7, 11) is 0. The molecule has 0 aliphatic carbocycles. The van der Waals surface area contributed by atoms with Gasteiger partial charge in [0.25, 0.3) is 5.90 Å². The van der Waals surface area contributed by atoms with Crippen molar-refractivity contribution in [3.63, 3.8) is 0 Å². The first-order valence-corrected chi connectivity index (χ1v) is 8.18. The van der Waals surface area contributed by atoms with Gasteiger partial charge in [0.15, 0.2) is 18.3 Å². The Kier molecular flexibility index (Phi) is 8.35. The Morgan fingerprint density at radius 2 is 1.46 bits per heavy atom.